The van der Waals surface area contributed by atoms with Gasteiger partial charge in [-0.3, -0.25) is 9.78 Å². The molecule has 5 heteroatoms. The number of aryl methyl sites for hydroxylation is 2. The molecule has 0 aliphatic carbocycles. The van der Waals surface area contributed by atoms with E-state index in [1.165, 1.54) is 6.20 Å². The number of hydrogen-bond donors (Lipinski definition) is 2. The van der Waals surface area contributed by atoms with Gasteiger partial charge in [-0.2, -0.15) is 0 Å². The van der Waals surface area contributed by atoms with Crippen LogP contribution in [-0.4, -0.2) is 28.0 Å². The Hall–Kier alpha value is -2.69. The summed E-state index contributed by atoms with van der Waals surface area (Å²) < 4.78 is 0. The van der Waals surface area contributed by atoms with Crippen LogP contribution in [0.5, 0.6) is 0 Å². The lowest BCUT2D eigenvalue weighted by atomic mass is 10.0. The molecule has 0 radical (unpaired) electrons. The Morgan fingerprint density at radius 2 is 2.00 bits per heavy atom. The van der Waals surface area contributed by atoms with E-state index in [4.69, 9.17) is 0 Å². The van der Waals surface area contributed by atoms with E-state index in [0.29, 0.717) is 5.56 Å². The molecule has 22 heavy (non-hydrogen) atoms. The largest absolute Gasteiger partial charge is 0.480 e. The molecule has 1 aromatic carbocycles. The van der Waals surface area contributed by atoms with Crippen LogP contribution in [0, 0.1) is 13.8 Å². The summed E-state index contributed by atoms with van der Waals surface area (Å²) in [7, 11) is 0. The second-order valence-corrected chi connectivity index (χ2v) is 5.23. The lowest BCUT2D eigenvalue weighted by molar-refractivity contribution is -0.139. The van der Waals surface area contributed by atoms with Crippen LogP contribution in [0.2, 0.25) is 0 Å². The maximum absolute atomic E-state index is 12.1. The van der Waals surface area contributed by atoms with Crippen molar-refractivity contribution in [2.24, 2.45) is 0 Å². The van der Waals surface area contributed by atoms with Crippen molar-refractivity contribution in [1.82, 2.24) is 10.3 Å². The van der Waals surface area contributed by atoms with Gasteiger partial charge in [0.15, 0.2) is 0 Å². The number of carbonyl (C=O) groups excluding carboxylic acids is 1. The number of pyridine rings is 1. The molecular formula is C17H18N2O3. The third kappa shape index (κ3) is 3.91. The minimum atomic E-state index is -1.06. The highest BCUT2D eigenvalue weighted by atomic mass is 16.4. The van der Waals surface area contributed by atoms with Gasteiger partial charge in [-0.15, -0.1) is 0 Å². The molecular weight excluding hydrogens is 280 g/mol. The summed E-state index contributed by atoms with van der Waals surface area (Å²) in [5.41, 5.74) is 3.46. The molecule has 1 atom stereocenters. The number of rotatable bonds is 5. The lowest BCUT2D eigenvalue weighted by Gasteiger charge is -2.15. The van der Waals surface area contributed by atoms with E-state index < -0.39 is 17.9 Å². The average Bonchev–Trinajstić information content (AvgIpc) is 2.51. The van der Waals surface area contributed by atoms with Gasteiger partial charge in [-0.1, -0.05) is 18.2 Å². The first-order valence-electron chi connectivity index (χ1n) is 6.97. The van der Waals surface area contributed by atoms with Crippen molar-refractivity contribution in [2.75, 3.05) is 0 Å². The molecule has 0 saturated heterocycles. The molecule has 2 rings (SSSR count). The SMILES string of the molecule is Cc1ccc(C[C@H](NC(=O)c2cccnc2)C(=O)O)cc1C. The van der Waals surface area contributed by atoms with E-state index in [1.54, 1.807) is 18.3 Å². The second-order valence-electron chi connectivity index (χ2n) is 5.23. The molecule has 2 N–H and O–H groups in total. The molecule has 1 heterocycles. The third-order valence-corrected chi connectivity index (χ3v) is 3.54. The van der Waals surface area contributed by atoms with E-state index in [2.05, 4.69) is 10.3 Å². The molecule has 2 aromatic rings. The zero-order chi connectivity index (χ0) is 16.1. The Bertz CT molecular complexity index is 684. The van der Waals surface area contributed by atoms with Gasteiger partial charge in [0.05, 0.1) is 5.56 Å². The molecule has 0 fully saturated rings. The van der Waals surface area contributed by atoms with Crippen molar-refractivity contribution in [3.63, 3.8) is 0 Å². The number of carbonyl (C=O) groups is 2. The molecule has 114 valence electrons. The number of hydrogen-bond acceptors (Lipinski definition) is 3. The summed E-state index contributed by atoms with van der Waals surface area (Å²) in [6.07, 6.45) is 3.20. The fourth-order valence-electron chi connectivity index (χ4n) is 2.10. The minimum absolute atomic E-state index is 0.239. The predicted octanol–water partition coefficient (Wildman–Crippen LogP) is 2.12. The van der Waals surface area contributed by atoms with Gasteiger partial charge in [0.2, 0.25) is 0 Å². The molecule has 1 amide bonds. The Balaban J connectivity index is 2.12. The smallest absolute Gasteiger partial charge is 0.326 e. The van der Waals surface area contributed by atoms with Crippen LogP contribution < -0.4 is 5.32 Å². The normalized spacial score (nSPS) is 11.7. The molecule has 0 spiro atoms. The summed E-state index contributed by atoms with van der Waals surface area (Å²) in [6.45, 7) is 3.97. The summed E-state index contributed by atoms with van der Waals surface area (Å²) in [4.78, 5) is 27.3. The standard InChI is InChI=1S/C17H18N2O3/c1-11-5-6-13(8-12(11)2)9-15(17(21)22)19-16(20)14-4-3-7-18-10-14/h3-8,10,15H,9H2,1-2H3,(H,19,20)(H,21,22)/t15-/m0/s1. The lowest BCUT2D eigenvalue weighted by Crippen LogP contribution is -2.42. The third-order valence-electron chi connectivity index (χ3n) is 3.54. The molecule has 0 unspecified atom stereocenters. The number of aromatic nitrogens is 1. The molecule has 5 nitrogen and oxygen atoms in total. The van der Waals surface area contributed by atoms with Crippen molar-refractivity contribution in [1.29, 1.82) is 0 Å². The number of nitrogens with zero attached hydrogens (tertiary/aromatic N) is 1. The van der Waals surface area contributed by atoms with Crippen LogP contribution in [0.15, 0.2) is 42.7 Å². The van der Waals surface area contributed by atoms with E-state index in [-0.39, 0.29) is 6.42 Å². The van der Waals surface area contributed by atoms with Crippen LogP contribution in [0.3, 0.4) is 0 Å². The zero-order valence-electron chi connectivity index (χ0n) is 12.5. The number of benzene rings is 1. The van der Waals surface area contributed by atoms with Gasteiger partial charge in [0.25, 0.3) is 5.91 Å². The van der Waals surface area contributed by atoms with Crippen LogP contribution in [0.1, 0.15) is 27.0 Å². The fourth-order valence-corrected chi connectivity index (χ4v) is 2.10. The highest BCUT2D eigenvalue weighted by molar-refractivity contribution is 5.96. The van der Waals surface area contributed by atoms with Crippen molar-refractivity contribution >= 4 is 11.9 Å². The van der Waals surface area contributed by atoms with Crippen molar-refractivity contribution in [2.45, 2.75) is 26.3 Å². The number of carboxylic acid groups (broad SMARTS) is 1. The topological polar surface area (TPSA) is 79.3 Å². The zero-order valence-corrected chi connectivity index (χ0v) is 12.5. The maximum Gasteiger partial charge on any atom is 0.326 e. The summed E-state index contributed by atoms with van der Waals surface area (Å²) >= 11 is 0. The average molecular weight is 298 g/mol. The first-order valence-corrected chi connectivity index (χ1v) is 6.97. The highest BCUT2D eigenvalue weighted by Crippen LogP contribution is 2.12. The Labute approximate surface area is 129 Å². The van der Waals surface area contributed by atoms with Crippen molar-refractivity contribution in [3.05, 3.63) is 65.0 Å². The first kappa shape index (κ1) is 15.7. The van der Waals surface area contributed by atoms with E-state index >= 15 is 0 Å². The van der Waals surface area contributed by atoms with Gasteiger partial charge in [-0.25, -0.2) is 4.79 Å². The maximum atomic E-state index is 12.1. The van der Waals surface area contributed by atoms with Crippen molar-refractivity contribution < 1.29 is 14.7 Å². The van der Waals surface area contributed by atoms with Crippen LogP contribution in [0.25, 0.3) is 0 Å². The fraction of sp³-hybridized carbons (Fsp3) is 0.235. The monoisotopic (exact) mass is 298 g/mol. The van der Waals surface area contributed by atoms with Gasteiger partial charge in [0, 0.05) is 18.8 Å². The van der Waals surface area contributed by atoms with E-state index in [9.17, 15) is 14.7 Å². The number of aliphatic carboxylic acids is 1. The number of nitrogens with one attached hydrogen (secondary N) is 1. The van der Waals surface area contributed by atoms with Crippen molar-refractivity contribution in [3.8, 4) is 0 Å². The molecule has 0 aliphatic rings. The Kier molecular flexibility index (Phi) is 4.88. The summed E-state index contributed by atoms with van der Waals surface area (Å²) in [5.74, 6) is -1.50. The second kappa shape index (κ2) is 6.85. The summed E-state index contributed by atoms with van der Waals surface area (Å²) in [5, 5.41) is 11.9. The molecule has 0 bridgehead atoms. The quantitative estimate of drug-likeness (QED) is 0.886. The number of amides is 1. The van der Waals surface area contributed by atoms with Gasteiger partial charge < -0.3 is 10.4 Å². The Morgan fingerprint density at radius 1 is 1.23 bits per heavy atom. The number of carboxylic acids is 1. The van der Waals surface area contributed by atoms with Gasteiger partial charge in [-0.05, 0) is 42.7 Å². The van der Waals surface area contributed by atoms with Gasteiger partial charge in [0.1, 0.15) is 6.04 Å². The first-order chi connectivity index (χ1) is 10.5. The van der Waals surface area contributed by atoms with Gasteiger partial charge >= 0.3 is 5.97 Å². The van der Waals surface area contributed by atoms with Crippen LogP contribution in [0.4, 0.5) is 0 Å². The van der Waals surface area contributed by atoms with E-state index in [1.807, 2.05) is 32.0 Å². The minimum Gasteiger partial charge on any atom is -0.480 e. The van der Waals surface area contributed by atoms with E-state index in [0.717, 1.165) is 16.7 Å². The summed E-state index contributed by atoms with van der Waals surface area (Å²) in [6, 6.07) is 8.03. The van der Waals surface area contributed by atoms with Crippen LogP contribution in [-0.2, 0) is 11.2 Å². The molecule has 1 aromatic heterocycles. The molecule has 0 saturated carbocycles. The van der Waals surface area contributed by atoms with Crippen LogP contribution >= 0.6 is 0 Å². The predicted molar refractivity (Wildman–Crippen MR) is 82.7 cm³/mol. The molecule has 0 aliphatic heterocycles. The highest BCUT2D eigenvalue weighted by Gasteiger charge is 2.21. The Morgan fingerprint density at radius 3 is 2.59 bits per heavy atom.